The van der Waals surface area contributed by atoms with Crippen LogP contribution in [0.2, 0.25) is 0 Å². The van der Waals surface area contributed by atoms with Gasteiger partial charge in [-0.15, -0.1) is 0 Å². The molecule has 3 N–H and O–H groups in total. The van der Waals surface area contributed by atoms with E-state index in [1.165, 1.54) is 23.9 Å². The van der Waals surface area contributed by atoms with E-state index in [9.17, 15) is 18.4 Å². The van der Waals surface area contributed by atoms with Crippen molar-refractivity contribution in [3.8, 4) is 0 Å². The Morgan fingerprint density at radius 2 is 1.60 bits per heavy atom. The first-order valence-corrected chi connectivity index (χ1v) is 10.2. The van der Waals surface area contributed by atoms with Gasteiger partial charge in [-0.05, 0) is 80.2 Å². The SMILES string of the molecule is Cc1ccc(Sc2ccc(F)cc2C2CCNCC2)c(F)c1.O=C(O)/C=C/C(=O)O. The minimum Gasteiger partial charge on any atom is -0.478 e. The van der Waals surface area contributed by atoms with Crippen LogP contribution in [0.15, 0.2) is 58.3 Å². The van der Waals surface area contributed by atoms with Gasteiger partial charge in [-0.3, -0.25) is 0 Å². The highest BCUT2D eigenvalue weighted by Gasteiger charge is 2.20. The van der Waals surface area contributed by atoms with Crippen LogP contribution in [0.25, 0.3) is 0 Å². The molecular formula is C22H23F2NO4S. The van der Waals surface area contributed by atoms with Crippen LogP contribution in [-0.4, -0.2) is 35.2 Å². The summed E-state index contributed by atoms with van der Waals surface area (Å²) in [4.78, 5) is 20.7. The molecule has 30 heavy (non-hydrogen) atoms. The van der Waals surface area contributed by atoms with Gasteiger partial charge in [0.25, 0.3) is 0 Å². The zero-order valence-corrected chi connectivity index (χ0v) is 17.2. The lowest BCUT2D eigenvalue weighted by Crippen LogP contribution is -2.26. The average Bonchev–Trinajstić information content (AvgIpc) is 2.71. The van der Waals surface area contributed by atoms with Crippen LogP contribution in [0.3, 0.4) is 0 Å². The highest BCUT2D eigenvalue weighted by Crippen LogP contribution is 2.38. The van der Waals surface area contributed by atoms with E-state index >= 15 is 0 Å². The molecule has 1 saturated heterocycles. The number of hydrogen-bond donors (Lipinski definition) is 3. The number of carboxylic acids is 2. The van der Waals surface area contributed by atoms with Crippen molar-refractivity contribution in [1.29, 1.82) is 0 Å². The van der Waals surface area contributed by atoms with E-state index in [1.54, 1.807) is 18.2 Å². The van der Waals surface area contributed by atoms with Crippen LogP contribution in [0.4, 0.5) is 8.78 Å². The van der Waals surface area contributed by atoms with Crippen LogP contribution >= 0.6 is 11.8 Å². The summed E-state index contributed by atoms with van der Waals surface area (Å²) in [5, 5.41) is 18.9. The smallest absolute Gasteiger partial charge is 0.328 e. The highest BCUT2D eigenvalue weighted by molar-refractivity contribution is 7.99. The molecule has 0 atom stereocenters. The summed E-state index contributed by atoms with van der Waals surface area (Å²) in [6.45, 7) is 3.77. The number of aliphatic carboxylic acids is 2. The number of piperidine rings is 1. The second-order valence-electron chi connectivity index (χ2n) is 6.75. The molecule has 160 valence electrons. The Hall–Kier alpha value is -2.71. The topological polar surface area (TPSA) is 86.6 Å². The van der Waals surface area contributed by atoms with Crippen molar-refractivity contribution in [3.63, 3.8) is 0 Å². The van der Waals surface area contributed by atoms with Crippen LogP contribution in [0.5, 0.6) is 0 Å². The van der Waals surface area contributed by atoms with Gasteiger partial charge in [0.1, 0.15) is 11.6 Å². The van der Waals surface area contributed by atoms with E-state index in [4.69, 9.17) is 10.2 Å². The lowest BCUT2D eigenvalue weighted by atomic mass is 9.90. The first-order valence-electron chi connectivity index (χ1n) is 9.34. The van der Waals surface area contributed by atoms with Gasteiger partial charge in [0.2, 0.25) is 0 Å². The fourth-order valence-electron chi connectivity index (χ4n) is 3.01. The third kappa shape index (κ3) is 7.61. The quantitative estimate of drug-likeness (QED) is 0.595. The van der Waals surface area contributed by atoms with Crippen LogP contribution in [-0.2, 0) is 9.59 Å². The van der Waals surface area contributed by atoms with Crippen LogP contribution in [0, 0.1) is 18.6 Å². The van der Waals surface area contributed by atoms with Crippen LogP contribution < -0.4 is 5.32 Å². The first kappa shape index (κ1) is 23.6. The summed E-state index contributed by atoms with van der Waals surface area (Å²) in [5.41, 5.74) is 1.91. The molecule has 0 saturated carbocycles. The molecule has 5 nitrogen and oxygen atoms in total. The molecule has 0 radical (unpaired) electrons. The van der Waals surface area contributed by atoms with Crippen molar-refractivity contribution in [2.45, 2.75) is 35.5 Å². The molecule has 1 fully saturated rings. The maximum atomic E-state index is 14.1. The molecule has 0 spiro atoms. The van der Waals surface area contributed by atoms with E-state index < -0.39 is 11.9 Å². The van der Waals surface area contributed by atoms with E-state index in [-0.39, 0.29) is 11.6 Å². The Morgan fingerprint density at radius 1 is 1.00 bits per heavy atom. The molecule has 0 amide bonds. The first-order chi connectivity index (χ1) is 14.3. The maximum Gasteiger partial charge on any atom is 0.328 e. The van der Waals surface area contributed by atoms with Gasteiger partial charge < -0.3 is 15.5 Å². The third-order valence-corrected chi connectivity index (χ3v) is 5.57. The van der Waals surface area contributed by atoms with E-state index in [2.05, 4.69) is 5.32 Å². The van der Waals surface area contributed by atoms with Gasteiger partial charge in [0, 0.05) is 21.9 Å². The number of halogens is 2. The standard InChI is InChI=1S/C18H19F2NS.C4H4O4/c1-12-2-4-18(16(20)10-12)22-17-5-3-14(19)11-15(17)13-6-8-21-9-7-13;5-3(6)1-2-4(7)8/h2-5,10-11,13,21H,6-9H2,1H3;1-2H,(H,5,6)(H,7,8)/b;2-1+. The number of aryl methyl sites for hydroxylation is 1. The van der Waals surface area contributed by atoms with Crippen molar-refractivity contribution in [1.82, 2.24) is 5.32 Å². The van der Waals surface area contributed by atoms with Crippen molar-refractivity contribution in [3.05, 3.63) is 71.3 Å². The van der Waals surface area contributed by atoms with Crippen molar-refractivity contribution in [2.75, 3.05) is 13.1 Å². The number of nitrogens with one attached hydrogen (secondary N) is 1. The predicted octanol–water partition coefficient (Wildman–Crippen LogP) is 4.60. The number of rotatable bonds is 5. The van der Waals surface area contributed by atoms with Gasteiger partial charge in [-0.2, -0.15) is 0 Å². The molecular weight excluding hydrogens is 412 g/mol. The average molecular weight is 435 g/mol. The van der Waals surface area contributed by atoms with Gasteiger partial charge >= 0.3 is 11.9 Å². The zero-order valence-electron chi connectivity index (χ0n) is 16.4. The molecule has 2 aromatic carbocycles. The molecule has 0 bridgehead atoms. The van der Waals surface area contributed by atoms with E-state index in [0.717, 1.165) is 42.0 Å². The van der Waals surface area contributed by atoms with Gasteiger partial charge in [-0.1, -0.05) is 17.8 Å². The minimum absolute atomic E-state index is 0.217. The fraction of sp³-hybridized carbons (Fsp3) is 0.273. The second kappa shape index (κ2) is 11.5. The molecule has 2 aromatic rings. The van der Waals surface area contributed by atoms with Crippen molar-refractivity contribution in [2.24, 2.45) is 0 Å². The molecule has 3 rings (SSSR count). The molecule has 8 heteroatoms. The lowest BCUT2D eigenvalue weighted by molar-refractivity contribution is -0.134. The Bertz CT molecular complexity index is 911. The largest absolute Gasteiger partial charge is 0.478 e. The van der Waals surface area contributed by atoms with Gasteiger partial charge in [-0.25, -0.2) is 18.4 Å². The molecule has 1 aliphatic rings. The lowest BCUT2D eigenvalue weighted by Gasteiger charge is -2.25. The molecule has 0 aromatic heterocycles. The van der Waals surface area contributed by atoms with Crippen molar-refractivity contribution < 1.29 is 28.6 Å². The predicted molar refractivity (Wildman–Crippen MR) is 111 cm³/mol. The normalized spacial score (nSPS) is 14.2. The second-order valence-corrected chi connectivity index (χ2v) is 7.84. The number of carboxylic acid groups (broad SMARTS) is 2. The summed E-state index contributed by atoms with van der Waals surface area (Å²) in [5.74, 6) is -2.61. The number of benzene rings is 2. The summed E-state index contributed by atoms with van der Waals surface area (Å²) in [6.07, 6.45) is 3.10. The Kier molecular flexibility index (Phi) is 9.01. The summed E-state index contributed by atoms with van der Waals surface area (Å²) >= 11 is 1.39. The summed E-state index contributed by atoms with van der Waals surface area (Å²) < 4.78 is 27.8. The fourth-order valence-corrected chi connectivity index (χ4v) is 4.02. The molecule has 0 aliphatic carbocycles. The van der Waals surface area contributed by atoms with E-state index in [0.29, 0.717) is 23.0 Å². The van der Waals surface area contributed by atoms with Crippen molar-refractivity contribution >= 4 is 23.7 Å². The number of hydrogen-bond acceptors (Lipinski definition) is 4. The van der Waals surface area contributed by atoms with Gasteiger partial charge in [0.15, 0.2) is 0 Å². The molecule has 1 aliphatic heterocycles. The summed E-state index contributed by atoms with van der Waals surface area (Å²) in [7, 11) is 0. The molecule has 1 heterocycles. The summed E-state index contributed by atoms with van der Waals surface area (Å²) in [6, 6.07) is 10.1. The number of carbonyl (C=O) groups is 2. The minimum atomic E-state index is -1.26. The monoisotopic (exact) mass is 435 g/mol. The Balaban J connectivity index is 0.000000343. The Labute approximate surface area is 177 Å². The van der Waals surface area contributed by atoms with E-state index in [1.807, 2.05) is 13.0 Å². The zero-order chi connectivity index (χ0) is 22.1. The Morgan fingerprint density at radius 3 is 2.17 bits per heavy atom. The third-order valence-electron chi connectivity index (χ3n) is 4.43. The van der Waals surface area contributed by atoms with Gasteiger partial charge in [0.05, 0.1) is 0 Å². The van der Waals surface area contributed by atoms with Crippen LogP contribution in [0.1, 0.15) is 29.9 Å². The highest BCUT2D eigenvalue weighted by atomic mass is 32.2. The maximum absolute atomic E-state index is 14.1. The molecule has 0 unspecified atom stereocenters.